The average Bonchev–Trinajstić information content (AvgIpc) is 2.84. The fourth-order valence-electron chi connectivity index (χ4n) is 1.77. The lowest BCUT2D eigenvalue weighted by atomic mass is 10.1. The van der Waals surface area contributed by atoms with Crippen molar-refractivity contribution in [1.29, 1.82) is 0 Å². The zero-order chi connectivity index (χ0) is 15.4. The van der Waals surface area contributed by atoms with Crippen molar-refractivity contribution in [2.75, 3.05) is 6.54 Å². The Kier molecular flexibility index (Phi) is 4.27. The maximum Gasteiger partial charge on any atom is 0.270 e. The Morgan fingerprint density at radius 2 is 2.29 bits per heavy atom. The fourth-order valence-corrected chi connectivity index (χ4v) is 1.77. The normalized spacial score (nSPS) is 10.4. The van der Waals surface area contributed by atoms with E-state index in [0.717, 1.165) is 23.8 Å². The SMILES string of the molecule is Cc1cnn(CCNC(=O)c2cc([N+](=O)[O-])ccc2F)c1. The Morgan fingerprint density at radius 3 is 2.90 bits per heavy atom. The van der Waals surface area contributed by atoms with Gasteiger partial charge in [0, 0.05) is 24.9 Å². The molecule has 1 aromatic carbocycles. The molecule has 0 atom stereocenters. The number of nitrogens with zero attached hydrogens (tertiary/aromatic N) is 3. The second kappa shape index (κ2) is 6.12. The van der Waals surface area contributed by atoms with Gasteiger partial charge >= 0.3 is 0 Å². The molecule has 0 bridgehead atoms. The number of nitrogens with one attached hydrogen (secondary N) is 1. The summed E-state index contributed by atoms with van der Waals surface area (Å²) in [5.74, 6) is -1.49. The Morgan fingerprint density at radius 1 is 1.52 bits per heavy atom. The summed E-state index contributed by atoms with van der Waals surface area (Å²) in [6.07, 6.45) is 3.49. The number of halogens is 1. The molecular weight excluding hydrogens is 279 g/mol. The Hall–Kier alpha value is -2.77. The minimum absolute atomic E-state index is 0.238. The molecule has 0 aliphatic rings. The summed E-state index contributed by atoms with van der Waals surface area (Å²) in [5, 5.41) is 17.2. The smallest absolute Gasteiger partial charge is 0.270 e. The van der Waals surface area contributed by atoms with Crippen LogP contribution < -0.4 is 5.32 Å². The minimum Gasteiger partial charge on any atom is -0.350 e. The van der Waals surface area contributed by atoms with Crippen molar-refractivity contribution in [1.82, 2.24) is 15.1 Å². The van der Waals surface area contributed by atoms with Crippen molar-refractivity contribution in [3.05, 3.63) is 57.7 Å². The van der Waals surface area contributed by atoms with Crippen LogP contribution in [0.1, 0.15) is 15.9 Å². The molecule has 8 heteroatoms. The summed E-state index contributed by atoms with van der Waals surface area (Å²) in [5.41, 5.74) is 0.316. The molecule has 2 rings (SSSR count). The summed E-state index contributed by atoms with van der Waals surface area (Å²) in [6.45, 7) is 2.55. The van der Waals surface area contributed by atoms with Gasteiger partial charge in [0.05, 0.1) is 23.2 Å². The fraction of sp³-hybridized carbons (Fsp3) is 0.231. The second-order valence-corrected chi connectivity index (χ2v) is 4.46. The molecule has 0 spiro atoms. The molecule has 0 fully saturated rings. The van der Waals surface area contributed by atoms with E-state index in [4.69, 9.17) is 0 Å². The molecule has 1 aromatic heterocycles. The van der Waals surface area contributed by atoms with Crippen molar-refractivity contribution in [3.8, 4) is 0 Å². The predicted molar refractivity (Wildman–Crippen MR) is 72.4 cm³/mol. The molecule has 0 saturated heterocycles. The summed E-state index contributed by atoms with van der Waals surface area (Å²) in [6, 6.07) is 2.84. The molecule has 0 saturated carbocycles. The number of benzene rings is 1. The van der Waals surface area contributed by atoms with E-state index in [1.807, 2.05) is 6.92 Å². The molecule has 110 valence electrons. The maximum atomic E-state index is 13.5. The molecule has 1 N–H and O–H groups in total. The first-order valence-corrected chi connectivity index (χ1v) is 6.18. The van der Waals surface area contributed by atoms with Crippen LogP contribution in [-0.2, 0) is 6.54 Å². The number of hydrogen-bond donors (Lipinski definition) is 1. The minimum atomic E-state index is -0.798. The number of hydrogen-bond acceptors (Lipinski definition) is 4. The molecule has 0 aliphatic carbocycles. The van der Waals surface area contributed by atoms with E-state index in [-0.39, 0.29) is 17.8 Å². The molecule has 7 nitrogen and oxygen atoms in total. The van der Waals surface area contributed by atoms with Crippen LogP contribution in [0.5, 0.6) is 0 Å². The summed E-state index contributed by atoms with van der Waals surface area (Å²) >= 11 is 0. The number of aryl methyl sites for hydroxylation is 1. The van der Waals surface area contributed by atoms with E-state index < -0.39 is 16.6 Å². The number of aromatic nitrogens is 2. The molecular formula is C13H13FN4O3. The lowest BCUT2D eigenvalue weighted by Gasteiger charge is -2.06. The molecule has 0 aliphatic heterocycles. The number of non-ortho nitro benzene ring substituents is 1. The van der Waals surface area contributed by atoms with Gasteiger partial charge in [-0.1, -0.05) is 0 Å². The van der Waals surface area contributed by atoms with Crippen molar-refractivity contribution in [2.24, 2.45) is 0 Å². The number of rotatable bonds is 5. The predicted octanol–water partition coefficient (Wildman–Crippen LogP) is 1.67. The highest BCUT2D eigenvalue weighted by molar-refractivity contribution is 5.95. The van der Waals surface area contributed by atoms with Gasteiger partial charge < -0.3 is 5.32 Å². The topological polar surface area (TPSA) is 90.1 Å². The summed E-state index contributed by atoms with van der Waals surface area (Å²) < 4.78 is 15.2. The monoisotopic (exact) mass is 292 g/mol. The van der Waals surface area contributed by atoms with Gasteiger partial charge in [-0.25, -0.2) is 4.39 Å². The number of amides is 1. The van der Waals surface area contributed by atoms with E-state index in [1.165, 1.54) is 0 Å². The Balaban J connectivity index is 1.99. The average molecular weight is 292 g/mol. The first-order valence-electron chi connectivity index (χ1n) is 6.18. The van der Waals surface area contributed by atoms with E-state index in [2.05, 4.69) is 10.4 Å². The van der Waals surface area contributed by atoms with Gasteiger partial charge in [0.15, 0.2) is 0 Å². The first-order chi connectivity index (χ1) is 9.97. The van der Waals surface area contributed by atoms with Crippen molar-refractivity contribution in [3.63, 3.8) is 0 Å². The van der Waals surface area contributed by atoms with E-state index in [0.29, 0.717) is 6.54 Å². The van der Waals surface area contributed by atoms with Crippen LogP contribution in [0.25, 0.3) is 0 Å². The Labute approximate surface area is 119 Å². The molecule has 0 radical (unpaired) electrons. The first kappa shape index (κ1) is 14.6. The van der Waals surface area contributed by atoms with Gasteiger partial charge in [0.1, 0.15) is 5.82 Å². The van der Waals surface area contributed by atoms with E-state index in [9.17, 15) is 19.3 Å². The van der Waals surface area contributed by atoms with Crippen molar-refractivity contribution < 1.29 is 14.1 Å². The highest BCUT2D eigenvalue weighted by atomic mass is 19.1. The summed E-state index contributed by atoms with van der Waals surface area (Å²) in [4.78, 5) is 21.8. The lowest BCUT2D eigenvalue weighted by molar-refractivity contribution is -0.384. The largest absolute Gasteiger partial charge is 0.350 e. The molecule has 21 heavy (non-hydrogen) atoms. The zero-order valence-corrected chi connectivity index (χ0v) is 11.2. The maximum absolute atomic E-state index is 13.5. The zero-order valence-electron chi connectivity index (χ0n) is 11.2. The summed E-state index contributed by atoms with van der Waals surface area (Å²) in [7, 11) is 0. The molecule has 2 aromatic rings. The van der Waals surface area contributed by atoms with Crippen LogP contribution in [-0.4, -0.2) is 27.2 Å². The standard InChI is InChI=1S/C13H13FN4O3/c1-9-7-16-17(8-9)5-4-15-13(19)11-6-10(18(20)21)2-3-12(11)14/h2-3,6-8H,4-5H2,1H3,(H,15,19). The second-order valence-electron chi connectivity index (χ2n) is 4.46. The number of nitro benzene ring substituents is 1. The third-order valence-corrected chi connectivity index (χ3v) is 2.79. The third-order valence-electron chi connectivity index (χ3n) is 2.79. The van der Waals surface area contributed by atoms with Gasteiger partial charge in [0.2, 0.25) is 0 Å². The van der Waals surface area contributed by atoms with Gasteiger partial charge in [-0.15, -0.1) is 0 Å². The number of carbonyl (C=O) groups is 1. The highest BCUT2D eigenvalue weighted by Gasteiger charge is 2.16. The van der Waals surface area contributed by atoms with Crippen LogP contribution in [0.3, 0.4) is 0 Å². The molecule has 1 heterocycles. The Bertz CT molecular complexity index is 684. The van der Waals surface area contributed by atoms with Crippen LogP contribution in [0, 0.1) is 22.9 Å². The van der Waals surface area contributed by atoms with Crippen LogP contribution in [0.15, 0.2) is 30.6 Å². The van der Waals surface area contributed by atoms with Crippen LogP contribution >= 0.6 is 0 Å². The van der Waals surface area contributed by atoms with Gasteiger partial charge in [0.25, 0.3) is 11.6 Å². The van der Waals surface area contributed by atoms with Gasteiger partial charge in [-0.2, -0.15) is 5.10 Å². The highest BCUT2D eigenvalue weighted by Crippen LogP contribution is 2.16. The van der Waals surface area contributed by atoms with E-state index in [1.54, 1.807) is 17.1 Å². The van der Waals surface area contributed by atoms with Gasteiger partial charge in [-0.3, -0.25) is 19.6 Å². The molecule has 0 unspecified atom stereocenters. The quantitative estimate of drug-likeness (QED) is 0.670. The van der Waals surface area contributed by atoms with Gasteiger partial charge in [-0.05, 0) is 18.6 Å². The van der Waals surface area contributed by atoms with E-state index >= 15 is 0 Å². The number of nitro groups is 1. The third kappa shape index (κ3) is 3.62. The van der Waals surface area contributed by atoms with Crippen LogP contribution in [0.2, 0.25) is 0 Å². The van der Waals surface area contributed by atoms with Crippen LogP contribution in [0.4, 0.5) is 10.1 Å². The lowest BCUT2D eigenvalue weighted by Crippen LogP contribution is -2.28. The number of carbonyl (C=O) groups excluding carboxylic acids is 1. The van der Waals surface area contributed by atoms with Crippen molar-refractivity contribution >= 4 is 11.6 Å². The van der Waals surface area contributed by atoms with Crippen molar-refractivity contribution in [2.45, 2.75) is 13.5 Å². The molecule has 1 amide bonds.